The van der Waals surface area contributed by atoms with Gasteiger partial charge in [0.15, 0.2) is 12.4 Å². The number of hydrogen-bond acceptors (Lipinski definition) is 3. The average Bonchev–Trinajstić information content (AvgIpc) is 2.17. The van der Waals surface area contributed by atoms with Crippen LogP contribution in [0.1, 0.15) is 10.4 Å². The van der Waals surface area contributed by atoms with Crippen LogP contribution < -0.4 is 10.1 Å². The summed E-state index contributed by atoms with van der Waals surface area (Å²) < 4.78 is 18.0. The summed E-state index contributed by atoms with van der Waals surface area (Å²) in [6.45, 7) is -0.309. The van der Waals surface area contributed by atoms with Crippen LogP contribution in [0.25, 0.3) is 0 Å². The summed E-state index contributed by atoms with van der Waals surface area (Å²) in [5.41, 5.74) is -0.391. The number of carboxylic acids is 1. The molecule has 5 nitrogen and oxygen atoms in total. The lowest BCUT2D eigenvalue weighted by Crippen LogP contribution is -2.27. The molecule has 1 aliphatic heterocycles. The van der Waals surface area contributed by atoms with E-state index in [1.54, 1.807) is 0 Å². The number of anilines is 1. The maximum atomic E-state index is 13.2. The highest BCUT2D eigenvalue weighted by molar-refractivity contribution is 6.00. The quantitative estimate of drug-likeness (QED) is 0.722. The third kappa shape index (κ3) is 1.50. The van der Waals surface area contributed by atoms with Gasteiger partial charge in [0, 0.05) is 0 Å². The first-order valence-corrected chi connectivity index (χ1v) is 4.08. The van der Waals surface area contributed by atoms with Crippen molar-refractivity contribution in [2.45, 2.75) is 0 Å². The Balaban J connectivity index is 2.60. The van der Waals surface area contributed by atoms with Crippen LogP contribution in [-0.4, -0.2) is 23.6 Å². The van der Waals surface area contributed by atoms with Crippen molar-refractivity contribution in [2.75, 3.05) is 11.9 Å². The van der Waals surface area contributed by atoms with E-state index in [1.807, 2.05) is 0 Å². The van der Waals surface area contributed by atoms with Gasteiger partial charge in [-0.05, 0) is 12.1 Å². The number of carboxylic acid groups (broad SMARTS) is 1. The molecule has 0 fully saturated rings. The highest BCUT2D eigenvalue weighted by Gasteiger charge is 2.25. The van der Waals surface area contributed by atoms with Gasteiger partial charge in [0.25, 0.3) is 5.91 Å². The standard InChI is InChI=1S/C9H6FNO4/c10-4-1-2-5-8(7(4)9(13)14)15-3-6(12)11-5/h1-2H,3H2,(H,11,12)(H,13,14). The van der Waals surface area contributed by atoms with Crippen LogP contribution in [0.3, 0.4) is 0 Å². The third-order valence-electron chi connectivity index (χ3n) is 1.94. The largest absolute Gasteiger partial charge is 0.481 e. The highest BCUT2D eigenvalue weighted by Crippen LogP contribution is 2.33. The molecule has 0 unspecified atom stereocenters. The Morgan fingerprint density at radius 3 is 2.93 bits per heavy atom. The first kappa shape index (κ1) is 9.45. The number of carbonyl (C=O) groups excluding carboxylic acids is 1. The normalized spacial score (nSPS) is 13.8. The van der Waals surface area contributed by atoms with E-state index < -0.39 is 23.3 Å². The minimum absolute atomic E-state index is 0.137. The Labute approximate surface area is 83.5 Å². The fourth-order valence-electron chi connectivity index (χ4n) is 1.33. The van der Waals surface area contributed by atoms with Crippen LogP contribution in [0, 0.1) is 5.82 Å². The molecule has 0 radical (unpaired) electrons. The summed E-state index contributed by atoms with van der Waals surface area (Å²) in [5, 5.41) is 11.1. The predicted molar refractivity (Wildman–Crippen MR) is 47.5 cm³/mol. The van der Waals surface area contributed by atoms with E-state index in [2.05, 4.69) is 5.32 Å². The maximum absolute atomic E-state index is 13.2. The number of amides is 1. The second-order valence-electron chi connectivity index (χ2n) is 2.94. The van der Waals surface area contributed by atoms with Crippen molar-refractivity contribution in [1.29, 1.82) is 0 Å². The Bertz CT molecular complexity index is 458. The van der Waals surface area contributed by atoms with E-state index in [1.165, 1.54) is 6.07 Å². The first-order chi connectivity index (χ1) is 7.09. The van der Waals surface area contributed by atoms with E-state index >= 15 is 0 Å². The fourth-order valence-corrected chi connectivity index (χ4v) is 1.33. The van der Waals surface area contributed by atoms with Gasteiger partial charge in [-0.1, -0.05) is 0 Å². The molecule has 1 amide bonds. The molecule has 0 aliphatic carbocycles. The molecule has 0 saturated heterocycles. The Morgan fingerprint density at radius 1 is 1.53 bits per heavy atom. The monoisotopic (exact) mass is 211 g/mol. The smallest absolute Gasteiger partial charge is 0.342 e. The molecular formula is C9H6FNO4. The summed E-state index contributed by atoms with van der Waals surface area (Å²) in [5.74, 6) is -2.86. The number of halogens is 1. The van der Waals surface area contributed by atoms with Crippen LogP contribution in [0.2, 0.25) is 0 Å². The van der Waals surface area contributed by atoms with Crippen LogP contribution in [0.4, 0.5) is 10.1 Å². The lowest BCUT2D eigenvalue weighted by Gasteiger charge is -2.19. The number of hydrogen-bond donors (Lipinski definition) is 2. The summed E-state index contributed by atoms with van der Waals surface area (Å²) in [4.78, 5) is 21.7. The molecule has 0 aromatic heterocycles. The van der Waals surface area contributed by atoms with E-state index in [4.69, 9.17) is 9.84 Å². The Kier molecular flexibility index (Phi) is 2.03. The van der Waals surface area contributed by atoms with Crippen molar-refractivity contribution in [2.24, 2.45) is 0 Å². The van der Waals surface area contributed by atoms with Crippen molar-refractivity contribution in [3.8, 4) is 5.75 Å². The number of rotatable bonds is 1. The van der Waals surface area contributed by atoms with Gasteiger partial charge < -0.3 is 15.2 Å². The van der Waals surface area contributed by atoms with Crippen molar-refractivity contribution in [3.05, 3.63) is 23.5 Å². The molecule has 2 rings (SSSR count). The molecule has 0 bridgehead atoms. The van der Waals surface area contributed by atoms with Gasteiger partial charge in [0.2, 0.25) is 0 Å². The molecule has 2 N–H and O–H groups in total. The van der Waals surface area contributed by atoms with Crippen LogP contribution in [0.5, 0.6) is 5.75 Å². The zero-order valence-corrected chi connectivity index (χ0v) is 7.41. The minimum Gasteiger partial charge on any atom is -0.481 e. The van der Waals surface area contributed by atoms with Gasteiger partial charge in [0.1, 0.15) is 11.4 Å². The lowest BCUT2D eigenvalue weighted by molar-refractivity contribution is -0.118. The van der Waals surface area contributed by atoms with Gasteiger partial charge in [-0.2, -0.15) is 0 Å². The summed E-state index contributed by atoms with van der Waals surface area (Å²) in [7, 11) is 0. The van der Waals surface area contributed by atoms with Crippen molar-refractivity contribution in [1.82, 2.24) is 0 Å². The van der Waals surface area contributed by atoms with Gasteiger partial charge >= 0.3 is 5.97 Å². The summed E-state index contributed by atoms with van der Waals surface area (Å²) in [6.07, 6.45) is 0. The number of carbonyl (C=O) groups is 2. The number of aromatic carboxylic acids is 1. The zero-order valence-electron chi connectivity index (χ0n) is 7.41. The molecule has 15 heavy (non-hydrogen) atoms. The van der Waals surface area contributed by atoms with Gasteiger partial charge in [-0.15, -0.1) is 0 Å². The molecule has 1 aromatic carbocycles. The third-order valence-corrected chi connectivity index (χ3v) is 1.94. The first-order valence-electron chi connectivity index (χ1n) is 4.08. The van der Waals surface area contributed by atoms with Crippen molar-refractivity contribution >= 4 is 17.6 Å². The number of nitrogens with one attached hydrogen (secondary N) is 1. The second kappa shape index (κ2) is 3.23. The fraction of sp³-hybridized carbons (Fsp3) is 0.111. The average molecular weight is 211 g/mol. The minimum atomic E-state index is -1.43. The molecule has 0 spiro atoms. The zero-order chi connectivity index (χ0) is 11.0. The molecule has 1 heterocycles. The molecule has 0 saturated carbocycles. The SMILES string of the molecule is O=C1COc2c(ccc(F)c2C(=O)O)N1. The number of ether oxygens (including phenoxy) is 1. The van der Waals surface area contributed by atoms with Crippen molar-refractivity contribution < 1.29 is 23.8 Å². The summed E-state index contributed by atoms with van der Waals surface area (Å²) >= 11 is 0. The lowest BCUT2D eigenvalue weighted by atomic mass is 10.1. The number of benzene rings is 1. The molecule has 0 atom stereocenters. The maximum Gasteiger partial charge on any atom is 0.342 e. The van der Waals surface area contributed by atoms with Gasteiger partial charge in [0.05, 0.1) is 5.69 Å². The second-order valence-corrected chi connectivity index (χ2v) is 2.94. The highest BCUT2D eigenvalue weighted by atomic mass is 19.1. The Morgan fingerprint density at radius 2 is 2.27 bits per heavy atom. The molecule has 6 heteroatoms. The molecular weight excluding hydrogens is 205 g/mol. The van der Waals surface area contributed by atoms with E-state index in [9.17, 15) is 14.0 Å². The van der Waals surface area contributed by atoms with E-state index in [0.29, 0.717) is 0 Å². The van der Waals surface area contributed by atoms with Crippen LogP contribution >= 0.6 is 0 Å². The van der Waals surface area contributed by atoms with E-state index in [0.717, 1.165) is 6.07 Å². The van der Waals surface area contributed by atoms with Gasteiger partial charge in [-0.25, -0.2) is 9.18 Å². The summed E-state index contributed by atoms with van der Waals surface area (Å²) in [6, 6.07) is 2.23. The number of fused-ring (bicyclic) bond motifs is 1. The molecule has 78 valence electrons. The van der Waals surface area contributed by atoms with Crippen molar-refractivity contribution in [3.63, 3.8) is 0 Å². The molecule has 1 aromatic rings. The van der Waals surface area contributed by atoms with E-state index in [-0.39, 0.29) is 18.0 Å². The van der Waals surface area contributed by atoms with Crippen LogP contribution in [0.15, 0.2) is 12.1 Å². The Hall–Kier alpha value is -2.11. The topological polar surface area (TPSA) is 75.6 Å². The predicted octanol–water partition coefficient (Wildman–Crippen LogP) is 0.855. The van der Waals surface area contributed by atoms with Crippen LogP contribution in [-0.2, 0) is 4.79 Å². The van der Waals surface area contributed by atoms with Gasteiger partial charge in [-0.3, -0.25) is 4.79 Å². The molecule has 1 aliphatic rings.